The highest BCUT2D eigenvalue weighted by Gasteiger charge is 2.39. The first kappa shape index (κ1) is 13.6. The first-order valence-corrected chi connectivity index (χ1v) is 6.74. The van der Waals surface area contributed by atoms with E-state index in [9.17, 15) is 14.7 Å². The molecule has 0 saturated heterocycles. The predicted octanol–water partition coefficient (Wildman–Crippen LogP) is 2.54. The summed E-state index contributed by atoms with van der Waals surface area (Å²) in [6.45, 7) is 2.47. The average Bonchev–Trinajstić information content (AvgIpc) is 2.90. The summed E-state index contributed by atoms with van der Waals surface area (Å²) < 4.78 is 0. The van der Waals surface area contributed by atoms with Crippen molar-refractivity contribution in [3.63, 3.8) is 0 Å². The summed E-state index contributed by atoms with van der Waals surface area (Å²) in [5, 5.41) is 9.19. The van der Waals surface area contributed by atoms with Crippen LogP contribution in [0.15, 0.2) is 30.3 Å². The van der Waals surface area contributed by atoms with Crippen LogP contribution < -0.4 is 4.90 Å². The third kappa shape index (κ3) is 2.78. The van der Waals surface area contributed by atoms with Gasteiger partial charge in [-0.15, -0.1) is 0 Å². The van der Waals surface area contributed by atoms with E-state index in [-0.39, 0.29) is 11.8 Å². The van der Waals surface area contributed by atoms with E-state index in [0.717, 1.165) is 12.1 Å². The maximum absolute atomic E-state index is 12.6. The molecule has 1 aliphatic rings. The van der Waals surface area contributed by atoms with Gasteiger partial charge in [0.05, 0.1) is 11.8 Å². The maximum atomic E-state index is 12.6. The van der Waals surface area contributed by atoms with Crippen LogP contribution in [0.2, 0.25) is 0 Å². The molecule has 0 spiro atoms. The second-order valence-electron chi connectivity index (χ2n) is 4.90. The smallest absolute Gasteiger partial charge is 0.307 e. The number of hydrogen-bond donors (Lipinski definition) is 1. The van der Waals surface area contributed by atoms with Gasteiger partial charge >= 0.3 is 5.97 Å². The van der Waals surface area contributed by atoms with Crippen LogP contribution in [-0.2, 0) is 9.59 Å². The maximum Gasteiger partial charge on any atom is 0.307 e. The molecule has 0 aliphatic heterocycles. The number of carbonyl (C=O) groups excluding carboxylic acids is 1. The summed E-state index contributed by atoms with van der Waals surface area (Å²) in [5.74, 6) is -1.80. The number of rotatable bonds is 4. The highest BCUT2D eigenvalue weighted by atomic mass is 16.4. The van der Waals surface area contributed by atoms with Crippen molar-refractivity contribution in [3.8, 4) is 0 Å². The number of hydrogen-bond acceptors (Lipinski definition) is 2. The van der Waals surface area contributed by atoms with Gasteiger partial charge in [-0.2, -0.15) is 0 Å². The van der Waals surface area contributed by atoms with Crippen LogP contribution in [0.25, 0.3) is 0 Å². The van der Waals surface area contributed by atoms with E-state index in [0.29, 0.717) is 19.4 Å². The molecule has 0 bridgehead atoms. The predicted molar refractivity (Wildman–Crippen MR) is 72.9 cm³/mol. The quantitative estimate of drug-likeness (QED) is 0.906. The topological polar surface area (TPSA) is 57.6 Å². The van der Waals surface area contributed by atoms with Gasteiger partial charge < -0.3 is 10.0 Å². The zero-order chi connectivity index (χ0) is 13.8. The van der Waals surface area contributed by atoms with Gasteiger partial charge in [0.25, 0.3) is 0 Å². The molecule has 1 aromatic carbocycles. The SMILES string of the molecule is CCN(C(=O)C1CCCC1C(=O)O)c1ccccc1. The third-order valence-electron chi connectivity index (χ3n) is 3.80. The Morgan fingerprint density at radius 3 is 2.42 bits per heavy atom. The van der Waals surface area contributed by atoms with E-state index in [1.165, 1.54) is 0 Å². The molecule has 4 heteroatoms. The summed E-state index contributed by atoms with van der Waals surface area (Å²) in [6, 6.07) is 9.43. The van der Waals surface area contributed by atoms with Gasteiger partial charge in [-0.05, 0) is 31.9 Å². The van der Waals surface area contributed by atoms with Crippen molar-refractivity contribution in [3.05, 3.63) is 30.3 Å². The van der Waals surface area contributed by atoms with E-state index in [1.54, 1.807) is 4.90 Å². The zero-order valence-electron chi connectivity index (χ0n) is 11.1. The fourth-order valence-electron chi connectivity index (χ4n) is 2.82. The number of para-hydroxylation sites is 1. The highest BCUT2D eigenvalue weighted by molar-refractivity contribution is 5.97. The lowest BCUT2D eigenvalue weighted by Gasteiger charge is -2.26. The minimum absolute atomic E-state index is 0.0569. The lowest BCUT2D eigenvalue weighted by atomic mass is 9.94. The summed E-state index contributed by atoms with van der Waals surface area (Å²) in [5.41, 5.74) is 0.839. The number of carboxylic acids is 1. The van der Waals surface area contributed by atoms with Gasteiger partial charge in [0.15, 0.2) is 0 Å². The number of anilines is 1. The van der Waals surface area contributed by atoms with E-state index in [4.69, 9.17) is 0 Å². The molecule has 1 amide bonds. The molecular formula is C15H19NO3. The fourth-order valence-corrected chi connectivity index (χ4v) is 2.82. The van der Waals surface area contributed by atoms with Crippen molar-refractivity contribution in [2.24, 2.45) is 11.8 Å². The number of nitrogens with zero attached hydrogens (tertiary/aromatic N) is 1. The molecular weight excluding hydrogens is 242 g/mol. The van der Waals surface area contributed by atoms with Gasteiger partial charge in [-0.25, -0.2) is 0 Å². The van der Waals surface area contributed by atoms with Crippen LogP contribution in [0.1, 0.15) is 26.2 Å². The number of benzene rings is 1. The molecule has 0 radical (unpaired) electrons. The lowest BCUT2D eigenvalue weighted by Crippen LogP contribution is -2.39. The number of carboxylic acid groups (broad SMARTS) is 1. The molecule has 0 heterocycles. The van der Waals surface area contributed by atoms with Crippen molar-refractivity contribution in [2.75, 3.05) is 11.4 Å². The van der Waals surface area contributed by atoms with Crippen molar-refractivity contribution < 1.29 is 14.7 Å². The molecule has 1 aliphatic carbocycles. The van der Waals surface area contributed by atoms with Crippen molar-refractivity contribution in [1.82, 2.24) is 0 Å². The van der Waals surface area contributed by atoms with Crippen LogP contribution in [0.4, 0.5) is 5.69 Å². The molecule has 2 rings (SSSR count). The van der Waals surface area contributed by atoms with Gasteiger partial charge in [-0.1, -0.05) is 24.6 Å². The zero-order valence-corrected chi connectivity index (χ0v) is 11.1. The van der Waals surface area contributed by atoms with Gasteiger partial charge in [0, 0.05) is 12.2 Å². The molecule has 2 atom stereocenters. The summed E-state index contributed by atoms with van der Waals surface area (Å²) in [6.07, 6.45) is 2.11. The second kappa shape index (κ2) is 5.87. The summed E-state index contributed by atoms with van der Waals surface area (Å²) in [7, 11) is 0. The molecule has 1 aromatic rings. The standard InChI is InChI=1S/C15H19NO3/c1-2-16(11-7-4-3-5-8-11)14(17)12-9-6-10-13(12)15(18)19/h3-5,7-8,12-13H,2,6,9-10H2,1H3,(H,18,19). The van der Waals surface area contributed by atoms with Crippen LogP contribution in [0.3, 0.4) is 0 Å². The molecule has 1 N–H and O–H groups in total. The fraction of sp³-hybridized carbons (Fsp3) is 0.467. The Bertz CT molecular complexity index is 458. The van der Waals surface area contributed by atoms with E-state index in [1.807, 2.05) is 37.3 Å². The van der Waals surface area contributed by atoms with E-state index < -0.39 is 11.9 Å². The molecule has 0 aromatic heterocycles. The second-order valence-corrected chi connectivity index (χ2v) is 4.90. The van der Waals surface area contributed by atoms with Gasteiger partial charge in [-0.3, -0.25) is 9.59 Å². The molecule has 1 saturated carbocycles. The van der Waals surface area contributed by atoms with Crippen LogP contribution in [0, 0.1) is 11.8 Å². The van der Waals surface area contributed by atoms with Crippen molar-refractivity contribution >= 4 is 17.6 Å². The van der Waals surface area contributed by atoms with Crippen molar-refractivity contribution in [1.29, 1.82) is 0 Å². The minimum Gasteiger partial charge on any atom is -0.481 e. The Morgan fingerprint density at radius 2 is 1.84 bits per heavy atom. The number of amides is 1. The molecule has 19 heavy (non-hydrogen) atoms. The average molecular weight is 261 g/mol. The van der Waals surface area contributed by atoms with E-state index in [2.05, 4.69) is 0 Å². The molecule has 2 unspecified atom stereocenters. The Hall–Kier alpha value is -1.84. The van der Waals surface area contributed by atoms with Gasteiger partial charge in [0.2, 0.25) is 5.91 Å². The monoisotopic (exact) mass is 261 g/mol. The van der Waals surface area contributed by atoms with Crippen LogP contribution in [0.5, 0.6) is 0 Å². The highest BCUT2D eigenvalue weighted by Crippen LogP contribution is 2.34. The first-order valence-electron chi connectivity index (χ1n) is 6.74. The number of carbonyl (C=O) groups is 2. The summed E-state index contributed by atoms with van der Waals surface area (Å²) in [4.78, 5) is 25.4. The Kier molecular flexibility index (Phi) is 4.20. The third-order valence-corrected chi connectivity index (χ3v) is 3.80. The van der Waals surface area contributed by atoms with Gasteiger partial charge in [0.1, 0.15) is 0 Å². The van der Waals surface area contributed by atoms with Crippen LogP contribution >= 0.6 is 0 Å². The summed E-state index contributed by atoms with van der Waals surface area (Å²) >= 11 is 0. The molecule has 4 nitrogen and oxygen atoms in total. The molecule has 102 valence electrons. The number of aliphatic carboxylic acids is 1. The normalized spacial score (nSPS) is 22.2. The van der Waals surface area contributed by atoms with Crippen molar-refractivity contribution in [2.45, 2.75) is 26.2 Å². The van der Waals surface area contributed by atoms with Crippen LogP contribution in [-0.4, -0.2) is 23.5 Å². The Morgan fingerprint density at radius 1 is 1.21 bits per heavy atom. The minimum atomic E-state index is -0.847. The lowest BCUT2D eigenvalue weighted by molar-refractivity contribution is -0.145. The molecule has 1 fully saturated rings. The first-order chi connectivity index (χ1) is 9.15. The Labute approximate surface area is 113 Å². The Balaban J connectivity index is 2.19. The largest absolute Gasteiger partial charge is 0.481 e. The van der Waals surface area contributed by atoms with E-state index >= 15 is 0 Å².